The van der Waals surface area contributed by atoms with Crippen molar-refractivity contribution in [1.82, 2.24) is 0 Å². The lowest BCUT2D eigenvalue weighted by atomic mass is 10.1. The first-order valence-corrected chi connectivity index (χ1v) is 4.78. The minimum absolute atomic E-state index is 0.207. The third-order valence-corrected chi connectivity index (χ3v) is 1.54. The summed E-state index contributed by atoms with van der Waals surface area (Å²) in [5, 5.41) is 0. The zero-order valence-corrected chi connectivity index (χ0v) is 8.82. The average Bonchev–Trinajstić information content (AvgIpc) is 2.17. The van der Waals surface area contributed by atoms with Crippen LogP contribution in [0.1, 0.15) is 20.3 Å². The summed E-state index contributed by atoms with van der Waals surface area (Å²) in [5.74, 6) is -0.592. The van der Waals surface area contributed by atoms with Gasteiger partial charge in [-0.05, 0) is 20.3 Å². The Kier molecular flexibility index (Phi) is 8.17. The summed E-state index contributed by atoms with van der Waals surface area (Å²) >= 11 is 0. The summed E-state index contributed by atoms with van der Waals surface area (Å²) in [6, 6.07) is 0. The van der Waals surface area contributed by atoms with Gasteiger partial charge in [0.2, 0.25) is 0 Å². The summed E-state index contributed by atoms with van der Waals surface area (Å²) < 4.78 is 4.86. The fourth-order valence-electron chi connectivity index (χ4n) is 0.907. The van der Waals surface area contributed by atoms with Crippen LogP contribution in [-0.2, 0) is 19.3 Å². The minimum atomic E-state index is -0.320. The van der Waals surface area contributed by atoms with Gasteiger partial charge in [0, 0.05) is 0 Å². The SMILES string of the molecule is C=CCC(COOCC)C(=O)OCC. The molecule has 0 aromatic carbocycles. The summed E-state index contributed by atoms with van der Waals surface area (Å²) in [5.41, 5.74) is 0. The van der Waals surface area contributed by atoms with E-state index >= 15 is 0 Å². The van der Waals surface area contributed by atoms with Gasteiger partial charge in [-0.25, -0.2) is 9.78 Å². The molecule has 0 aliphatic rings. The molecular weight excluding hydrogens is 184 g/mol. The maximum absolute atomic E-state index is 11.3. The summed E-state index contributed by atoms with van der Waals surface area (Å²) in [4.78, 5) is 20.8. The van der Waals surface area contributed by atoms with E-state index < -0.39 is 0 Å². The van der Waals surface area contributed by atoms with Crippen molar-refractivity contribution >= 4 is 5.97 Å². The highest BCUT2D eigenvalue weighted by atomic mass is 17.2. The standard InChI is InChI=1S/C10H18O4/c1-4-7-9(8-14-13-6-3)10(11)12-5-2/h4,9H,1,5-8H2,2-3H3. The van der Waals surface area contributed by atoms with Crippen molar-refractivity contribution in [3.05, 3.63) is 12.7 Å². The lowest BCUT2D eigenvalue weighted by Gasteiger charge is -2.12. The molecule has 1 atom stereocenters. The Morgan fingerprint density at radius 3 is 2.57 bits per heavy atom. The Labute approximate surface area is 84.8 Å². The molecule has 4 nitrogen and oxygen atoms in total. The Morgan fingerprint density at radius 2 is 2.07 bits per heavy atom. The molecule has 0 N–H and O–H groups in total. The predicted molar refractivity (Wildman–Crippen MR) is 52.5 cm³/mol. The number of ether oxygens (including phenoxy) is 1. The number of carbonyl (C=O) groups is 1. The van der Waals surface area contributed by atoms with Gasteiger partial charge >= 0.3 is 5.97 Å². The van der Waals surface area contributed by atoms with Gasteiger partial charge in [0.15, 0.2) is 0 Å². The van der Waals surface area contributed by atoms with Crippen LogP contribution in [0.3, 0.4) is 0 Å². The number of rotatable bonds is 8. The van der Waals surface area contributed by atoms with E-state index in [4.69, 9.17) is 14.5 Å². The van der Waals surface area contributed by atoms with Gasteiger partial charge in [0.05, 0.1) is 25.7 Å². The monoisotopic (exact) mass is 202 g/mol. The van der Waals surface area contributed by atoms with E-state index in [1.54, 1.807) is 13.0 Å². The molecule has 0 spiro atoms. The topological polar surface area (TPSA) is 44.8 Å². The molecule has 0 fully saturated rings. The predicted octanol–water partition coefficient (Wildman–Crippen LogP) is 1.71. The Balaban J connectivity index is 3.86. The smallest absolute Gasteiger partial charge is 0.311 e. The van der Waals surface area contributed by atoms with Gasteiger partial charge in [-0.3, -0.25) is 4.79 Å². The summed E-state index contributed by atoms with van der Waals surface area (Å²) in [7, 11) is 0. The van der Waals surface area contributed by atoms with E-state index in [1.807, 2.05) is 6.92 Å². The maximum atomic E-state index is 11.3. The quantitative estimate of drug-likeness (QED) is 0.198. The molecule has 0 aliphatic heterocycles. The second kappa shape index (κ2) is 8.72. The second-order valence-electron chi connectivity index (χ2n) is 2.66. The molecule has 0 radical (unpaired) electrons. The molecule has 82 valence electrons. The van der Waals surface area contributed by atoms with Gasteiger partial charge in [-0.1, -0.05) is 6.08 Å². The summed E-state index contributed by atoms with van der Waals surface area (Å²) in [6.07, 6.45) is 2.20. The van der Waals surface area contributed by atoms with Crippen molar-refractivity contribution in [3.63, 3.8) is 0 Å². The molecule has 0 heterocycles. The van der Waals surface area contributed by atoms with Gasteiger partial charge in [-0.15, -0.1) is 6.58 Å². The van der Waals surface area contributed by atoms with Crippen LogP contribution in [0.15, 0.2) is 12.7 Å². The molecule has 0 amide bonds. The molecule has 0 rings (SSSR count). The highest BCUT2D eigenvalue weighted by Gasteiger charge is 2.18. The largest absolute Gasteiger partial charge is 0.466 e. The normalized spacial score (nSPS) is 12.1. The lowest BCUT2D eigenvalue weighted by molar-refractivity contribution is -0.297. The molecule has 1 unspecified atom stereocenters. The molecule has 0 saturated carbocycles. The maximum Gasteiger partial charge on any atom is 0.311 e. The van der Waals surface area contributed by atoms with E-state index in [2.05, 4.69) is 6.58 Å². The van der Waals surface area contributed by atoms with E-state index in [1.165, 1.54) is 0 Å². The van der Waals surface area contributed by atoms with Crippen LogP contribution < -0.4 is 0 Å². The Morgan fingerprint density at radius 1 is 1.36 bits per heavy atom. The molecule has 0 aliphatic carbocycles. The molecule has 0 aromatic heterocycles. The van der Waals surface area contributed by atoms with E-state index in [9.17, 15) is 4.79 Å². The minimum Gasteiger partial charge on any atom is -0.466 e. The van der Waals surface area contributed by atoms with Crippen molar-refractivity contribution in [1.29, 1.82) is 0 Å². The molecular formula is C10H18O4. The number of hydrogen-bond donors (Lipinski definition) is 0. The van der Waals surface area contributed by atoms with Gasteiger partial charge in [0.25, 0.3) is 0 Å². The first-order chi connectivity index (χ1) is 6.76. The van der Waals surface area contributed by atoms with Crippen molar-refractivity contribution in [2.45, 2.75) is 20.3 Å². The van der Waals surface area contributed by atoms with E-state index in [0.717, 1.165) is 0 Å². The number of allylic oxidation sites excluding steroid dienone is 1. The van der Waals surface area contributed by atoms with Gasteiger partial charge in [-0.2, -0.15) is 0 Å². The fraction of sp³-hybridized carbons (Fsp3) is 0.700. The zero-order chi connectivity index (χ0) is 10.8. The van der Waals surface area contributed by atoms with Crippen LogP contribution in [0.4, 0.5) is 0 Å². The van der Waals surface area contributed by atoms with Crippen molar-refractivity contribution in [3.8, 4) is 0 Å². The van der Waals surface area contributed by atoms with Crippen LogP contribution in [-0.4, -0.2) is 25.8 Å². The van der Waals surface area contributed by atoms with Crippen LogP contribution >= 0.6 is 0 Å². The second-order valence-corrected chi connectivity index (χ2v) is 2.66. The zero-order valence-electron chi connectivity index (χ0n) is 8.82. The van der Waals surface area contributed by atoms with Gasteiger partial charge < -0.3 is 4.74 Å². The highest BCUT2D eigenvalue weighted by molar-refractivity contribution is 5.72. The van der Waals surface area contributed by atoms with Crippen LogP contribution in [0.5, 0.6) is 0 Å². The highest BCUT2D eigenvalue weighted by Crippen LogP contribution is 2.07. The van der Waals surface area contributed by atoms with Crippen molar-refractivity contribution in [2.75, 3.05) is 19.8 Å². The molecule has 0 bridgehead atoms. The first-order valence-electron chi connectivity index (χ1n) is 4.78. The number of esters is 1. The van der Waals surface area contributed by atoms with Crippen LogP contribution in [0.25, 0.3) is 0 Å². The van der Waals surface area contributed by atoms with Crippen molar-refractivity contribution in [2.24, 2.45) is 5.92 Å². The van der Waals surface area contributed by atoms with Crippen molar-refractivity contribution < 1.29 is 19.3 Å². The molecule has 4 heteroatoms. The average molecular weight is 202 g/mol. The Hall–Kier alpha value is -0.870. The summed E-state index contributed by atoms with van der Waals surface area (Å²) in [6.45, 7) is 8.19. The van der Waals surface area contributed by atoms with E-state index in [-0.39, 0.29) is 18.5 Å². The third-order valence-electron chi connectivity index (χ3n) is 1.54. The molecule has 0 saturated heterocycles. The fourth-order valence-corrected chi connectivity index (χ4v) is 0.907. The Bertz CT molecular complexity index is 168. The molecule has 0 aromatic rings. The molecule has 14 heavy (non-hydrogen) atoms. The number of carbonyl (C=O) groups excluding carboxylic acids is 1. The van der Waals surface area contributed by atoms with E-state index in [0.29, 0.717) is 19.6 Å². The van der Waals surface area contributed by atoms with Gasteiger partial charge in [0.1, 0.15) is 0 Å². The third kappa shape index (κ3) is 5.72. The van der Waals surface area contributed by atoms with Crippen LogP contribution in [0.2, 0.25) is 0 Å². The first kappa shape index (κ1) is 13.1. The lowest BCUT2D eigenvalue weighted by Crippen LogP contribution is -2.22. The number of hydrogen-bond acceptors (Lipinski definition) is 4. The van der Waals surface area contributed by atoms with Crippen LogP contribution in [0, 0.1) is 5.92 Å².